The highest BCUT2D eigenvalue weighted by atomic mass is 16.3. The van der Waals surface area contributed by atoms with E-state index in [1.807, 2.05) is 0 Å². The first-order chi connectivity index (χ1) is 5.54. The van der Waals surface area contributed by atoms with Gasteiger partial charge in [-0.3, -0.25) is 0 Å². The minimum absolute atomic E-state index is 0.0231. The zero-order chi connectivity index (χ0) is 10.9. The second-order valence-corrected chi connectivity index (χ2v) is 6.22. The third kappa shape index (κ3) is 5.27. The molecule has 0 radical (unpaired) electrons. The lowest BCUT2D eigenvalue weighted by atomic mass is 9.78. The number of nitrogens with two attached hydrogens (primary N) is 1. The zero-order valence-electron chi connectivity index (χ0n) is 9.89. The molecule has 3 N–H and O–H groups in total. The van der Waals surface area contributed by atoms with Crippen molar-refractivity contribution in [2.45, 2.75) is 60.1 Å². The van der Waals surface area contributed by atoms with E-state index in [0.29, 0.717) is 0 Å². The molecule has 0 saturated heterocycles. The summed E-state index contributed by atoms with van der Waals surface area (Å²) in [6, 6.07) is -0.147. The molecule has 0 aliphatic heterocycles. The van der Waals surface area contributed by atoms with Crippen LogP contribution in [-0.4, -0.2) is 17.3 Å². The smallest absolute Gasteiger partial charge is 0.0701 e. The third-order valence-electron chi connectivity index (χ3n) is 2.24. The molecule has 0 amide bonds. The van der Waals surface area contributed by atoms with E-state index in [1.165, 1.54) is 0 Å². The van der Waals surface area contributed by atoms with Crippen LogP contribution in [0.2, 0.25) is 0 Å². The lowest BCUT2D eigenvalue weighted by molar-refractivity contribution is 0.0574. The van der Waals surface area contributed by atoms with Gasteiger partial charge < -0.3 is 10.8 Å². The second-order valence-electron chi connectivity index (χ2n) is 6.22. The number of hydrogen-bond donors (Lipinski definition) is 2. The Morgan fingerprint density at radius 2 is 1.46 bits per heavy atom. The van der Waals surface area contributed by atoms with Crippen molar-refractivity contribution >= 4 is 0 Å². The molecule has 0 bridgehead atoms. The van der Waals surface area contributed by atoms with Crippen molar-refractivity contribution in [1.29, 1.82) is 0 Å². The van der Waals surface area contributed by atoms with Crippen LogP contribution >= 0.6 is 0 Å². The molecular weight excluding hydrogens is 162 g/mol. The van der Waals surface area contributed by atoms with Crippen LogP contribution in [0.25, 0.3) is 0 Å². The van der Waals surface area contributed by atoms with E-state index < -0.39 is 6.10 Å². The van der Waals surface area contributed by atoms with Crippen molar-refractivity contribution in [3.8, 4) is 0 Å². The summed E-state index contributed by atoms with van der Waals surface area (Å²) in [5.74, 6) is 0. The van der Waals surface area contributed by atoms with Crippen LogP contribution < -0.4 is 5.73 Å². The van der Waals surface area contributed by atoms with E-state index in [9.17, 15) is 5.11 Å². The number of aliphatic hydroxyl groups excluding tert-OH is 1. The summed E-state index contributed by atoms with van der Waals surface area (Å²) in [5, 5.41) is 9.86. The Bertz CT molecular complexity index is 152. The lowest BCUT2D eigenvalue weighted by Crippen LogP contribution is -2.46. The molecule has 2 heteroatoms. The molecule has 0 aromatic rings. The largest absolute Gasteiger partial charge is 0.391 e. The van der Waals surface area contributed by atoms with Crippen molar-refractivity contribution in [2.24, 2.45) is 16.6 Å². The fourth-order valence-electron chi connectivity index (χ4n) is 1.33. The fraction of sp³-hybridized carbons (Fsp3) is 1.00. The minimum atomic E-state index is -0.403. The van der Waals surface area contributed by atoms with Crippen LogP contribution in [0.1, 0.15) is 48.0 Å². The van der Waals surface area contributed by atoms with Gasteiger partial charge in [-0.05, 0) is 17.3 Å². The zero-order valence-corrected chi connectivity index (χ0v) is 9.89. The summed E-state index contributed by atoms with van der Waals surface area (Å²) < 4.78 is 0. The topological polar surface area (TPSA) is 46.2 Å². The Hall–Kier alpha value is -0.0800. The van der Waals surface area contributed by atoms with Gasteiger partial charge in [-0.25, -0.2) is 0 Å². The minimum Gasteiger partial charge on any atom is -0.391 e. The van der Waals surface area contributed by atoms with Gasteiger partial charge in [0.2, 0.25) is 0 Å². The second kappa shape index (κ2) is 3.97. The van der Waals surface area contributed by atoms with Crippen molar-refractivity contribution in [1.82, 2.24) is 0 Å². The molecule has 0 spiro atoms. The van der Waals surface area contributed by atoms with Gasteiger partial charge in [-0.15, -0.1) is 0 Å². The lowest BCUT2D eigenvalue weighted by Gasteiger charge is -2.34. The maximum Gasteiger partial charge on any atom is 0.0701 e. The van der Waals surface area contributed by atoms with Gasteiger partial charge in [0.15, 0.2) is 0 Å². The number of aliphatic hydroxyl groups is 1. The Morgan fingerprint density at radius 1 is 1.08 bits per heavy atom. The average molecular weight is 187 g/mol. The first kappa shape index (κ1) is 12.9. The van der Waals surface area contributed by atoms with Crippen LogP contribution in [-0.2, 0) is 0 Å². The molecule has 80 valence electrons. The van der Waals surface area contributed by atoms with E-state index >= 15 is 0 Å². The Kier molecular flexibility index (Phi) is 3.95. The van der Waals surface area contributed by atoms with Crippen molar-refractivity contribution in [2.75, 3.05) is 0 Å². The summed E-state index contributed by atoms with van der Waals surface area (Å²) >= 11 is 0. The summed E-state index contributed by atoms with van der Waals surface area (Å²) in [5.41, 5.74) is 6.07. The molecule has 0 aromatic carbocycles. The van der Waals surface area contributed by atoms with E-state index in [0.717, 1.165) is 6.42 Å². The molecule has 2 nitrogen and oxygen atoms in total. The highest BCUT2D eigenvalue weighted by molar-refractivity contribution is 4.85. The summed E-state index contributed by atoms with van der Waals surface area (Å²) in [4.78, 5) is 0. The molecule has 2 atom stereocenters. The molecule has 0 rings (SSSR count). The molecule has 0 aromatic heterocycles. The van der Waals surface area contributed by atoms with Gasteiger partial charge in [0.1, 0.15) is 0 Å². The SMILES string of the molecule is CC(C)(C)C[C@H](O)[C@H](N)C(C)(C)C. The van der Waals surface area contributed by atoms with Gasteiger partial charge in [-0.1, -0.05) is 41.5 Å². The van der Waals surface area contributed by atoms with Crippen LogP contribution in [0.15, 0.2) is 0 Å². The summed E-state index contributed by atoms with van der Waals surface area (Å²) in [6.07, 6.45) is 0.353. The molecule has 0 unspecified atom stereocenters. The summed E-state index contributed by atoms with van der Waals surface area (Å²) in [6.45, 7) is 12.5. The standard InChI is InChI=1S/C11H25NO/c1-10(2,3)7-8(13)9(12)11(4,5)6/h8-9,13H,7,12H2,1-6H3/t8-,9-/m0/s1. The van der Waals surface area contributed by atoms with Crippen molar-refractivity contribution < 1.29 is 5.11 Å². The van der Waals surface area contributed by atoms with Crippen LogP contribution in [0, 0.1) is 10.8 Å². The predicted octanol–water partition coefficient (Wildman–Crippen LogP) is 2.16. The first-order valence-electron chi connectivity index (χ1n) is 4.98. The highest BCUT2D eigenvalue weighted by Gasteiger charge is 2.30. The molecule has 0 aliphatic carbocycles. The van der Waals surface area contributed by atoms with E-state index in [2.05, 4.69) is 41.5 Å². The van der Waals surface area contributed by atoms with E-state index in [-0.39, 0.29) is 16.9 Å². The van der Waals surface area contributed by atoms with Crippen LogP contribution in [0.4, 0.5) is 0 Å². The van der Waals surface area contributed by atoms with E-state index in [4.69, 9.17) is 5.73 Å². The summed E-state index contributed by atoms with van der Waals surface area (Å²) in [7, 11) is 0. The Labute approximate surface area is 82.5 Å². The van der Waals surface area contributed by atoms with Gasteiger partial charge in [0.05, 0.1) is 6.10 Å². The molecule has 0 heterocycles. The monoisotopic (exact) mass is 187 g/mol. The predicted molar refractivity (Wildman–Crippen MR) is 57.5 cm³/mol. The normalized spacial score (nSPS) is 18.5. The molecule has 0 fully saturated rings. The molecule has 0 aliphatic rings. The number of rotatable bonds is 2. The number of hydrogen-bond acceptors (Lipinski definition) is 2. The quantitative estimate of drug-likeness (QED) is 0.696. The molecular formula is C11H25NO. The fourth-order valence-corrected chi connectivity index (χ4v) is 1.33. The first-order valence-corrected chi connectivity index (χ1v) is 4.98. The van der Waals surface area contributed by atoms with Crippen LogP contribution in [0.5, 0.6) is 0 Å². The average Bonchev–Trinajstić information content (AvgIpc) is 1.79. The van der Waals surface area contributed by atoms with Crippen molar-refractivity contribution in [3.05, 3.63) is 0 Å². The third-order valence-corrected chi connectivity index (χ3v) is 2.24. The van der Waals surface area contributed by atoms with Gasteiger partial charge in [-0.2, -0.15) is 0 Å². The van der Waals surface area contributed by atoms with Crippen molar-refractivity contribution in [3.63, 3.8) is 0 Å². The Balaban J connectivity index is 4.20. The van der Waals surface area contributed by atoms with Crippen LogP contribution in [0.3, 0.4) is 0 Å². The molecule has 0 saturated carbocycles. The van der Waals surface area contributed by atoms with Gasteiger partial charge >= 0.3 is 0 Å². The van der Waals surface area contributed by atoms with E-state index in [1.54, 1.807) is 0 Å². The molecule has 13 heavy (non-hydrogen) atoms. The van der Waals surface area contributed by atoms with Gasteiger partial charge in [0, 0.05) is 6.04 Å². The maximum absolute atomic E-state index is 9.86. The highest BCUT2D eigenvalue weighted by Crippen LogP contribution is 2.27. The Morgan fingerprint density at radius 3 is 1.69 bits per heavy atom. The van der Waals surface area contributed by atoms with Gasteiger partial charge in [0.25, 0.3) is 0 Å². The maximum atomic E-state index is 9.86.